The van der Waals surface area contributed by atoms with E-state index in [1.54, 1.807) is 24.3 Å². The lowest BCUT2D eigenvalue weighted by Crippen LogP contribution is -2.56. The highest BCUT2D eigenvalue weighted by Gasteiger charge is 2.67. The smallest absolute Gasteiger partial charge is 0.324 e. The molecule has 0 spiro atoms. The molecule has 160 valence electrons. The lowest BCUT2D eigenvalue weighted by Gasteiger charge is -2.30. The monoisotopic (exact) mass is 418 g/mol. The van der Waals surface area contributed by atoms with E-state index in [2.05, 4.69) is 5.32 Å². The summed E-state index contributed by atoms with van der Waals surface area (Å²) in [5.74, 6) is -3.59. The molecule has 0 bridgehead atoms. The van der Waals surface area contributed by atoms with Crippen LogP contribution >= 0.6 is 0 Å². The number of para-hydroxylation sites is 1. The van der Waals surface area contributed by atoms with Crippen LogP contribution in [0.25, 0.3) is 6.08 Å². The van der Waals surface area contributed by atoms with Crippen molar-refractivity contribution >= 4 is 29.5 Å². The van der Waals surface area contributed by atoms with E-state index in [4.69, 9.17) is 0 Å². The molecule has 2 aromatic carbocycles. The Morgan fingerprint density at radius 2 is 1.71 bits per heavy atom. The molecule has 4 atom stereocenters. The van der Waals surface area contributed by atoms with Crippen molar-refractivity contribution in [2.45, 2.75) is 37.8 Å². The largest absolute Gasteiger partial charge is 0.480 e. The zero-order chi connectivity index (χ0) is 22.0. The van der Waals surface area contributed by atoms with E-state index in [-0.39, 0.29) is 12.3 Å². The first-order valence-corrected chi connectivity index (χ1v) is 10.7. The molecular weight excluding hydrogens is 392 g/mol. The van der Waals surface area contributed by atoms with E-state index in [0.29, 0.717) is 12.1 Å². The fourth-order valence-corrected chi connectivity index (χ4v) is 4.81. The van der Waals surface area contributed by atoms with Crippen molar-refractivity contribution < 1.29 is 19.5 Å². The molecule has 2 aliphatic rings. The van der Waals surface area contributed by atoms with Gasteiger partial charge in [0, 0.05) is 6.04 Å². The molecule has 2 fully saturated rings. The maximum Gasteiger partial charge on any atom is 0.324 e. The second-order valence-corrected chi connectivity index (χ2v) is 8.17. The van der Waals surface area contributed by atoms with Gasteiger partial charge in [-0.15, -0.1) is 0 Å². The molecule has 4 rings (SSSR count). The van der Waals surface area contributed by atoms with Gasteiger partial charge in [-0.3, -0.25) is 19.7 Å². The molecule has 0 radical (unpaired) electrons. The molecular formula is C25H26N2O4. The van der Waals surface area contributed by atoms with Crippen molar-refractivity contribution in [3.8, 4) is 0 Å². The molecule has 31 heavy (non-hydrogen) atoms. The van der Waals surface area contributed by atoms with Crippen molar-refractivity contribution in [1.29, 1.82) is 0 Å². The molecule has 2 heterocycles. The average Bonchev–Trinajstić information content (AvgIpc) is 3.26. The third-order valence-corrected chi connectivity index (χ3v) is 6.31. The van der Waals surface area contributed by atoms with Gasteiger partial charge in [-0.1, -0.05) is 80.4 Å². The van der Waals surface area contributed by atoms with E-state index in [1.165, 1.54) is 4.90 Å². The van der Waals surface area contributed by atoms with Gasteiger partial charge >= 0.3 is 5.97 Å². The molecule has 2 N–H and O–H groups in total. The number of unbranched alkanes of at least 4 members (excludes halogenated alkanes) is 1. The van der Waals surface area contributed by atoms with Gasteiger partial charge in [-0.25, -0.2) is 4.90 Å². The van der Waals surface area contributed by atoms with Gasteiger partial charge < -0.3 is 5.11 Å². The Morgan fingerprint density at radius 1 is 1.06 bits per heavy atom. The predicted octanol–water partition coefficient (Wildman–Crippen LogP) is 3.49. The number of carboxylic acids is 1. The second kappa shape index (κ2) is 8.47. The molecule has 0 aliphatic carbocycles. The number of anilines is 1. The van der Waals surface area contributed by atoms with Gasteiger partial charge in [-0.2, -0.15) is 0 Å². The number of amides is 2. The summed E-state index contributed by atoms with van der Waals surface area (Å²) in [4.78, 5) is 40.6. The number of imide groups is 1. The summed E-state index contributed by atoms with van der Waals surface area (Å²) in [5.41, 5.74) is -0.0470. The minimum atomic E-state index is -1.47. The highest BCUT2D eigenvalue weighted by Crippen LogP contribution is 2.47. The van der Waals surface area contributed by atoms with E-state index in [1.807, 2.05) is 55.5 Å². The highest BCUT2D eigenvalue weighted by atomic mass is 16.4. The number of nitrogens with one attached hydrogen (secondary N) is 1. The van der Waals surface area contributed by atoms with Crippen LogP contribution in [0.3, 0.4) is 0 Å². The van der Waals surface area contributed by atoms with Gasteiger partial charge in [0.25, 0.3) is 0 Å². The topological polar surface area (TPSA) is 86.7 Å². The van der Waals surface area contributed by atoms with Crippen LogP contribution < -0.4 is 10.2 Å². The molecule has 4 unspecified atom stereocenters. The van der Waals surface area contributed by atoms with E-state index < -0.39 is 35.3 Å². The van der Waals surface area contributed by atoms with Crippen LogP contribution in [-0.2, 0) is 14.4 Å². The van der Waals surface area contributed by atoms with Gasteiger partial charge in [0.1, 0.15) is 5.54 Å². The second-order valence-electron chi connectivity index (χ2n) is 8.17. The number of hydrogen-bond donors (Lipinski definition) is 2. The number of aliphatic carboxylic acids is 1. The van der Waals surface area contributed by atoms with Crippen LogP contribution in [-0.4, -0.2) is 34.5 Å². The maximum absolute atomic E-state index is 13.5. The Morgan fingerprint density at radius 3 is 2.32 bits per heavy atom. The Balaban J connectivity index is 1.76. The summed E-state index contributed by atoms with van der Waals surface area (Å²) < 4.78 is 0. The van der Waals surface area contributed by atoms with Gasteiger partial charge in [-0.05, 0) is 24.1 Å². The molecule has 0 saturated carbocycles. The standard InChI is InChI=1S/C25H26N2O4/c1-2-3-16-25(24(30)31)21-20(19(26-25)15-14-17-10-6-4-7-11-17)22(28)27(23(21)29)18-12-8-5-9-13-18/h4-15,19-21,26H,2-3,16H2,1H3,(H,30,31). The molecule has 0 aromatic heterocycles. The minimum Gasteiger partial charge on any atom is -0.480 e. The number of rotatable bonds is 7. The summed E-state index contributed by atoms with van der Waals surface area (Å²) in [5, 5.41) is 13.4. The molecule has 6 heteroatoms. The lowest BCUT2D eigenvalue weighted by atomic mass is 9.77. The zero-order valence-corrected chi connectivity index (χ0v) is 17.4. The van der Waals surface area contributed by atoms with Crippen LogP contribution in [0.15, 0.2) is 66.7 Å². The third kappa shape index (κ3) is 3.57. The van der Waals surface area contributed by atoms with Crippen LogP contribution in [0.4, 0.5) is 5.69 Å². The Labute approximate surface area is 181 Å². The van der Waals surface area contributed by atoms with Crippen LogP contribution in [0.1, 0.15) is 31.7 Å². The highest BCUT2D eigenvalue weighted by molar-refractivity contribution is 6.24. The fourth-order valence-electron chi connectivity index (χ4n) is 4.81. The molecule has 2 aliphatic heterocycles. The normalized spacial score (nSPS) is 27.8. The molecule has 2 aromatic rings. The number of benzene rings is 2. The molecule has 2 saturated heterocycles. The number of carbonyl (C=O) groups is 3. The van der Waals surface area contributed by atoms with Crippen LogP contribution in [0, 0.1) is 11.8 Å². The minimum absolute atomic E-state index is 0.289. The van der Waals surface area contributed by atoms with Crippen molar-refractivity contribution in [2.24, 2.45) is 11.8 Å². The first-order chi connectivity index (χ1) is 15.0. The van der Waals surface area contributed by atoms with Crippen molar-refractivity contribution in [3.63, 3.8) is 0 Å². The summed E-state index contributed by atoms with van der Waals surface area (Å²) in [6.07, 6.45) is 5.42. The average molecular weight is 418 g/mol. The number of fused-ring (bicyclic) bond motifs is 1. The summed E-state index contributed by atoms with van der Waals surface area (Å²) >= 11 is 0. The third-order valence-electron chi connectivity index (χ3n) is 6.31. The molecule has 2 amide bonds. The SMILES string of the molecule is CCCCC1(C(=O)O)NC(C=Cc2ccccc2)C2C(=O)N(c3ccccc3)C(=O)C21. The van der Waals surface area contributed by atoms with E-state index >= 15 is 0 Å². The number of carbonyl (C=O) groups excluding carboxylic acids is 2. The van der Waals surface area contributed by atoms with Crippen molar-refractivity contribution in [2.75, 3.05) is 4.90 Å². The quantitative estimate of drug-likeness (QED) is 0.672. The van der Waals surface area contributed by atoms with E-state index in [0.717, 1.165) is 12.0 Å². The number of carboxylic acid groups (broad SMARTS) is 1. The summed E-state index contributed by atoms with van der Waals surface area (Å²) in [6, 6.07) is 17.8. The van der Waals surface area contributed by atoms with E-state index in [9.17, 15) is 19.5 Å². The van der Waals surface area contributed by atoms with Gasteiger partial charge in [0.15, 0.2) is 0 Å². The Hall–Kier alpha value is -3.25. The van der Waals surface area contributed by atoms with Gasteiger partial charge in [0.05, 0.1) is 17.5 Å². The maximum atomic E-state index is 13.5. The first kappa shape index (κ1) is 21.0. The Bertz CT molecular complexity index is 1000. The number of nitrogens with zero attached hydrogens (tertiary/aromatic N) is 1. The summed E-state index contributed by atoms with van der Waals surface area (Å²) in [6.45, 7) is 1.98. The molecule has 6 nitrogen and oxygen atoms in total. The fraction of sp³-hybridized carbons (Fsp3) is 0.320. The lowest BCUT2D eigenvalue weighted by molar-refractivity contribution is -0.149. The summed E-state index contributed by atoms with van der Waals surface area (Å²) in [7, 11) is 0. The zero-order valence-electron chi connectivity index (χ0n) is 17.4. The van der Waals surface area contributed by atoms with Crippen molar-refractivity contribution in [3.05, 3.63) is 72.3 Å². The number of hydrogen-bond acceptors (Lipinski definition) is 4. The van der Waals surface area contributed by atoms with Crippen LogP contribution in [0.2, 0.25) is 0 Å². The Kier molecular flexibility index (Phi) is 5.74. The van der Waals surface area contributed by atoms with Crippen LogP contribution in [0.5, 0.6) is 0 Å². The van der Waals surface area contributed by atoms with Gasteiger partial charge in [0.2, 0.25) is 11.8 Å². The van der Waals surface area contributed by atoms with Crippen molar-refractivity contribution in [1.82, 2.24) is 5.32 Å². The predicted molar refractivity (Wildman–Crippen MR) is 118 cm³/mol. The first-order valence-electron chi connectivity index (χ1n) is 10.7.